The molecule has 0 saturated carbocycles. The third kappa shape index (κ3) is 1.73. The number of anilines is 1. The topological polar surface area (TPSA) is 38.5 Å². The van der Waals surface area contributed by atoms with Gasteiger partial charge in [-0.25, -0.2) is 0 Å². The van der Waals surface area contributed by atoms with Gasteiger partial charge in [-0.3, -0.25) is 0 Å². The van der Waals surface area contributed by atoms with Crippen molar-refractivity contribution in [2.45, 2.75) is 12.5 Å². The molecule has 0 radical (unpaired) electrons. The molecule has 2 N–H and O–H groups in total. The normalized spacial score (nSPS) is 18.3. The number of nitrogens with zero attached hydrogens (tertiary/aromatic N) is 1. The summed E-state index contributed by atoms with van der Waals surface area (Å²) in [5.41, 5.74) is 7.12. The van der Waals surface area contributed by atoms with Crippen LogP contribution in [-0.4, -0.2) is 31.8 Å². The fraction of sp³-hybridized carbons (Fsp3) is 0.500. The summed E-state index contributed by atoms with van der Waals surface area (Å²) in [6.07, 6.45) is 0. The molecule has 1 heterocycles. The monoisotopic (exact) mass is 206 g/mol. The minimum Gasteiger partial charge on any atom is -0.376 e. The van der Waals surface area contributed by atoms with Crippen LogP contribution in [0, 0.1) is 0 Å². The minimum absolute atomic E-state index is 0.0239. The summed E-state index contributed by atoms with van der Waals surface area (Å²) in [6, 6.07) is 10.4. The molecule has 3 heteroatoms. The number of para-hydroxylation sites is 1. The molecule has 2 rings (SSSR count). The zero-order valence-electron chi connectivity index (χ0n) is 9.15. The fourth-order valence-corrected chi connectivity index (χ4v) is 2.12. The Kier molecular flexibility index (Phi) is 2.93. The predicted octanol–water partition coefficient (Wildman–Crippen LogP) is 1.24. The Morgan fingerprint density at radius 2 is 2.00 bits per heavy atom. The van der Waals surface area contributed by atoms with E-state index >= 15 is 0 Å². The summed E-state index contributed by atoms with van der Waals surface area (Å²) in [7, 11) is 0. The second-order valence-electron chi connectivity index (χ2n) is 4.00. The van der Waals surface area contributed by atoms with Crippen molar-refractivity contribution in [1.29, 1.82) is 0 Å². The quantitative estimate of drug-likeness (QED) is 0.805. The Morgan fingerprint density at radius 1 is 1.33 bits per heavy atom. The summed E-state index contributed by atoms with van der Waals surface area (Å²) in [4.78, 5) is 2.34. The Bertz CT molecular complexity index is 303. The van der Waals surface area contributed by atoms with Crippen molar-refractivity contribution in [2.75, 3.05) is 31.2 Å². The first-order valence-corrected chi connectivity index (χ1v) is 5.43. The SMILES string of the molecule is CCN(c1ccccc1)C1(CN)COC1. The van der Waals surface area contributed by atoms with Gasteiger partial charge < -0.3 is 15.4 Å². The van der Waals surface area contributed by atoms with Crippen molar-refractivity contribution in [3.63, 3.8) is 0 Å². The van der Waals surface area contributed by atoms with Crippen molar-refractivity contribution in [1.82, 2.24) is 0 Å². The lowest BCUT2D eigenvalue weighted by Gasteiger charge is -2.50. The number of ether oxygens (including phenoxy) is 1. The molecule has 0 aliphatic carbocycles. The van der Waals surface area contributed by atoms with Crippen LogP contribution >= 0.6 is 0 Å². The van der Waals surface area contributed by atoms with Crippen LogP contribution in [0.4, 0.5) is 5.69 Å². The number of benzene rings is 1. The minimum atomic E-state index is 0.0239. The summed E-state index contributed by atoms with van der Waals surface area (Å²) in [6.45, 7) is 5.25. The molecular formula is C12H18N2O. The van der Waals surface area contributed by atoms with Crippen LogP contribution in [0.3, 0.4) is 0 Å². The van der Waals surface area contributed by atoms with Crippen LogP contribution < -0.4 is 10.6 Å². The van der Waals surface area contributed by atoms with Crippen molar-refractivity contribution in [3.05, 3.63) is 30.3 Å². The number of likely N-dealkylation sites (N-methyl/N-ethyl adjacent to an activating group) is 1. The molecule has 82 valence electrons. The van der Waals surface area contributed by atoms with E-state index in [9.17, 15) is 0 Å². The molecule has 15 heavy (non-hydrogen) atoms. The van der Waals surface area contributed by atoms with Crippen molar-refractivity contribution >= 4 is 5.69 Å². The first-order chi connectivity index (χ1) is 7.32. The van der Waals surface area contributed by atoms with E-state index in [2.05, 4.69) is 36.1 Å². The molecule has 1 aromatic rings. The summed E-state index contributed by atoms with van der Waals surface area (Å²) in [5.74, 6) is 0. The average molecular weight is 206 g/mol. The van der Waals surface area contributed by atoms with Crippen LogP contribution in [-0.2, 0) is 4.74 Å². The van der Waals surface area contributed by atoms with E-state index < -0.39 is 0 Å². The molecule has 0 amide bonds. The van der Waals surface area contributed by atoms with E-state index in [1.54, 1.807) is 0 Å². The maximum Gasteiger partial charge on any atom is 0.0988 e. The van der Waals surface area contributed by atoms with Crippen molar-refractivity contribution in [3.8, 4) is 0 Å². The van der Waals surface area contributed by atoms with Gasteiger partial charge in [0.1, 0.15) is 0 Å². The number of rotatable bonds is 4. The molecular weight excluding hydrogens is 188 g/mol. The Hall–Kier alpha value is -1.06. The van der Waals surface area contributed by atoms with E-state index in [0.717, 1.165) is 19.8 Å². The third-order valence-electron chi connectivity index (χ3n) is 3.08. The highest BCUT2D eigenvalue weighted by molar-refractivity contribution is 5.49. The molecule has 0 spiro atoms. The van der Waals surface area contributed by atoms with Gasteiger partial charge in [0.05, 0.1) is 18.8 Å². The fourth-order valence-electron chi connectivity index (χ4n) is 2.12. The van der Waals surface area contributed by atoms with Crippen LogP contribution in [0.25, 0.3) is 0 Å². The van der Waals surface area contributed by atoms with Crippen LogP contribution in [0.5, 0.6) is 0 Å². The molecule has 0 aromatic heterocycles. The zero-order valence-corrected chi connectivity index (χ0v) is 9.15. The number of nitrogens with two attached hydrogens (primary N) is 1. The van der Waals surface area contributed by atoms with E-state index in [1.807, 2.05) is 6.07 Å². The Labute approximate surface area is 90.8 Å². The second-order valence-corrected chi connectivity index (χ2v) is 4.00. The van der Waals surface area contributed by atoms with Gasteiger partial charge >= 0.3 is 0 Å². The van der Waals surface area contributed by atoms with Crippen LogP contribution in [0.15, 0.2) is 30.3 Å². The van der Waals surface area contributed by atoms with Gasteiger partial charge in [0.15, 0.2) is 0 Å². The largest absolute Gasteiger partial charge is 0.376 e. The highest BCUT2D eigenvalue weighted by atomic mass is 16.5. The number of hydrogen-bond acceptors (Lipinski definition) is 3. The first-order valence-electron chi connectivity index (χ1n) is 5.43. The lowest BCUT2D eigenvalue weighted by atomic mass is 9.94. The van der Waals surface area contributed by atoms with Gasteiger partial charge in [-0.15, -0.1) is 0 Å². The smallest absolute Gasteiger partial charge is 0.0988 e. The lowest BCUT2D eigenvalue weighted by Crippen LogP contribution is -2.66. The van der Waals surface area contributed by atoms with E-state index in [0.29, 0.717) is 6.54 Å². The number of hydrogen-bond donors (Lipinski definition) is 1. The van der Waals surface area contributed by atoms with Gasteiger partial charge in [-0.1, -0.05) is 18.2 Å². The van der Waals surface area contributed by atoms with Gasteiger partial charge in [0.25, 0.3) is 0 Å². The van der Waals surface area contributed by atoms with Gasteiger partial charge in [0.2, 0.25) is 0 Å². The predicted molar refractivity (Wildman–Crippen MR) is 62.1 cm³/mol. The van der Waals surface area contributed by atoms with Gasteiger partial charge in [-0.2, -0.15) is 0 Å². The van der Waals surface area contributed by atoms with E-state index in [1.165, 1.54) is 5.69 Å². The molecule has 1 aromatic carbocycles. The summed E-state index contributed by atoms with van der Waals surface area (Å²) >= 11 is 0. The molecule has 0 atom stereocenters. The molecule has 1 aliphatic rings. The standard InChI is InChI=1S/C12H18N2O/c1-2-14(11-6-4-3-5-7-11)12(8-13)9-15-10-12/h3-7H,2,8-10,13H2,1H3. The zero-order chi connectivity index (χ0) is 10.7. The highest BCUT2D eigenvalue weighted by Gasteiger charge is 2.42. The summed E-state index contributed by atoms with van der Waals surface area (Å²) < 4.78 is 5.31. The van der Waals surface area contributed by atoms with E-state index in [-0.39, 0.29) is 5.54 Å². The molecule has 3 nitrogen and oxygen atoms in total. The molecule has 1 fully saturated rings. The van der Waals surface area contributed by atoms with Crippen LogP contribution in [0.1, 0.15) is 6.92 Å². The van der Waals surface area contributed by atoms with Gasteiger partial charge in [-0.05, 0) is 19.1 Å². The Morgan fingerprint density at radius 3 is 2.40 bits per heavy atom. The van der Waals surface area contributed by atoms with E-state index in [4.69, 9.17) is 10.5 Å². The highest BCUT2D eigenvalue weighted by Crippen LogP contribution is 2.29. The first kappa shape index (κ1) is 10.5. The molecule has 1 aliphatic heterocycles. The van der Waals surface area contributed by atoms with Crippen molar-refractivity contribution in [2.24, 2.45) is 5.73 Å². The summed E-state index contributed by atoms with van der Waals surface area (Å²) in [5, 5.41) is 0. The second kappa shape index (κ2) is 4.21. The Balaban J connectivity index is 2.24. The van der Waals surface area contributed by atoms with Gasteiger partial charge in [0, 0.05) is 18.8 Å². The molecule has 0 unspecified atom stereocenters. The average Bonchev–Trinajstić information content (AvgIpc) is 2.24. The van der Waals surface area contributed by atoms with Crippen LogP contribution in [0.2, 0.25) is 0 Å². The maximum atomic E-state index is 5.86. The lowest BCUT2D eigenvalue weighted by molar-refractivity contribution is -0.0522. The third-order valence-corrected chi connectivity index (χ3v) is 3.08. The maximum absolute atomic E-state index is 5.86. The molecule has 0 bridgehead atoms. The molecule has 1 saturated heterocycles. The van der Waals surface area contributed by atoms with Crippen molar-refractivity contribution < 1.29 is 4.74 Å².